The molecule has 2 heterocycles. The van der Waals surface area contributed by atoms with Crippen LogP contribution in [0, 0.1) is 6.92 Å². The van der Waals surface area contributed by atoms with Crippen molar-refractivity contribution < 1.29 is 13.2 Å². The van der Waals surface area contributed by atoms with Gasteiger partial charge >= 0.3 is 0 Å². The standard InChI is InChI=1S/C21H25N5O3S/c1-13-8-9-15(30(2,28)29)10-16(13)18-11-23-20-19(22)25-17(12-26(18)20)21(27)24-14-6-4-3-5-7-14/h8-12,14H,3-7H2,1-2H3,(H2,22,25)(H,24,27). The molecule has 2 aromatic heterocycles. The highest BCUT2D eigenvalue weighted by Crippen LogP contribution is 2.28. The molecule has 1 saturated carbocycles. The summed E-state index contributed by atoms with van der Waals surface area (Å²) in [6, 6.07) is 5.11. The molecular formula is C21H25N5O3S. The van der Waals surface area contributed by atoms with E-state index in [4.69, 9.17) is 5.73 Å². The minimum absolute atomic E-state index is 0.148. The largest absolute Gasteiger partial charge is 0.381 e. The molecule has 0 aliphatic heterocycles. The molecule has 3 N–H and O–H groups in total. The third-order valence-electron chi connectivity index (χ3n) is 5.60. The number of rotatable bonds is 4. The maximum atomic E-state index is 12.8. The van der Waals surface area contributed by atoms with Crippen LogP contribution in [0.3, 0.4) is 0 Å². The summed E-state index contributed by atoms with van der Waals surface area (Å²) in [7, 11) is -3.36. The monoisotopic (exact) mass is 427 g/mol. The fourth-order valence-corrected chi connectivity index (χ4v) is 4.58. The Bertz CT molecular complexity index is 1230. The van der Waals surface area contributed by atoms with E-state index in [-0.39, 0.29) is 28.4 Å². The van der Waals surface area contributed by atoms with Crippen LogP contribution in [0.15, 0.2) is 35.5 Å². The lowest BCUT2D eigenvalue weighted by molar-refractivity contribution is 0.0922. The second kappa shape index (κ2) is 7.71. The van der Waals surface area contributed by atoms with E-state index in [0.29, 0.717) is 16.9 Å². The summed E-state index contributed by atoms with van der Waals surface area (Å²) >= 11 is 0. The molecule has 0 saturated heterocycles. The van der Waals surface area contributed by atoms with Crippen molar-refractivity contribution in [1.29, 1.82) is 0 Å². The van der Waals surface area contributed by atoms with Gasteiger partial charge in [0.25, 0.3) is 5.91 Å². The van der Waals surface area contributed by atoms with E-state index in [9.17, 15) is 13.2 Å². The number of aryl methyl sites for hydroxylation is 1. The lowest BCUT2D eigenvalue weighted by atomic mass is 9.95. The van der Waals surface area contributed by atoms with E-state index in [1.54, 1.807) is 35.0 Å². The topological polar surface area (TPSA) is 119 Å². The maximum absolute atomic E-state index is 12.8. The molecule has 158 valence electrons. The Kier molecular flexibility index (Phi) is 5.23. The molecule has 1 fully saturated rings. The van der Waals surface area contributed by atoms with Crippen LogP contribution in [0.4, 0.5) is 5.82 Å². The average molecular weight is 428 g/mol. The van der Waals surface area contributed by atoms with E-state index in [1.807, 2.05) is 6.92 Å². The number of nitrogens with zero attached hydrogens (tertiary/aromatic N) is 3. The molecule has 0 radical (unpaired) electrons. The van der Waals surface area contributed by atoms with Gasteiger partial charge in [-0.25, -0.2) is 18.4 Å². The highest BCUT2D eigenvalue weighted by Gasteiger charge is 2.20. The summed E-state index contributed by atoms with van der Waals surface area (Å²) < 4.78 is 25.7. The Morgan fingerprint density at radius 3 is 2.67 bits per heavy atom. The summed E-state index contributed by atoms with van der Waals surface area (Å²) in [6.45, 7) is 1.89. The van der Waals surface area contributed by atoms with Gasteiger partial charge < -0.3 is 11.1 Å². The Morgan fingerprint density at radius 1 is 1.23 bits per heavy atom. The third-order valence-corrected chi connectivity index (χ3v) is 6.71. The summed E-state index contributed by atoms with van der Waals surface area (Å²) in [4.78, 5) is 21.6. The van der Waals surface area contributed by atoms with Crippen LogP contribution in [0.25, 0.3) is 16.9 Å². The van der Waals surface area contributed by atoms with E-state index in [0.717, 1.165) is 31.2 Å². The van der Waals surface area contributed by atoms with Crippen LogP contribution >= 0.6 is 0 Å². The molecule has 1 aliphatic carbocycles. The van der Waals surface area contributed by atoms with E-state index >= 15 is 0 Å². The van der Waals surface area contributed by atoms with Crippen molar-refractivity contribution in [2.75, 3.05) is 12.0 Å². The number of hydrogen-bond donors (Lipinski definition) is 2. The number of fused-ring (bicyclic) bond motifs is 1. The molecule has 30 heavy (non-hydrogen) atoms. The zero-order chi connectivity index (χ0) is 21.5. The average Bonchev–Trinajstić information content (AvgIpc) is 3.12. The number of benzene rings is 1. The van der Waals surface area contributed by atoms with Gasteiger partial charge in [-0.05, 0) is 37.5 Å². The predicted molar refractivity (Wildman–Crippen MR) is 115 cm³/mol. The maximum Gasteiger partial charge on any atom is 0.271 e. The van der Waals surface area contributed by atoms with Crippen LogP contribution < -0.4 is 11.1 Å². The van der Waals surface area contributed by atoms with Crippen molar-refractivity contribution in [2.24, 2.45) is 0 Å². The first-order valence-electron chi connectivity index (χ1n) is 9.99. The van der Waals surface area contributed by atoms with Crippen LogP contribution in [0.2, 0.25) is 0 Å². The number of hydrogen-bond acceptors (Lipinski definition) is 6. The van der Waals surface area contributed by atoms with Gasteiger partial charge in [0.2, 0.25) is 0 Å². The number of amides is 1. The third kappa shape index (κ3) is 3.89. The number of nitrogens with two attached hydrogens (primary N) is 1. The van der Waals surface area contributed by atoms with Crippen LogP contribution in [-0.4, -0.2) is 41.0 Å². The normalized spacial score (nSPS) is 15.4. The molecule has 3 aromatic rings. The fourth-order valence-electron chi connectivity index (χ4n) is 3.93. The Labute approximate surface area is 175 Å². The quantitative estimate of drug-likeness (QED) is 0.661. The fraction of sp³-hybridized carbons (Fsp3) is 0.381. The molecule has 0 spiro atoms. The highest BCUT2D eigenvalue weighted by atomic mass is 32.2. The first-order chi connectivity index (χ1) is 14.2. The SMILES string of the molecule is Cc1ccc(S(C)(=O)=O)cc1-c1cnc2c(N)nc(C(=O)NC3CCCCC3)cn12. The Hall–Kier alpha value is -2.94. The second-order valence-electron chi connectivity index (χ2n) is 7.91. The van der Waals surface area contributed by atoms with Gasteiger partial charge in [0.1, 0.15) is 5.69 Å². The summed E-state index contributed by atoms with van der Waals surface area (Å²) in [6.07, 6.45) is 9.76. The number of nitrogen functional groups attached to an aromatic ring is 1. The van der Waals surface area contributed by atoms with E-state index < -0.39 is 9.84 Å². The van der Waals surface area contributed by atoms with E-state index in [1.165, 1.54) is 12.7 Å². The Morgan fingerprint density at radius 2 is 1.97 bits per heavy atom. The first-order valence-corrected chi connectivity index (χ1v) is 11.9. The molecule has 8 nitrogen and oxygen atoms in total. The molecule has 9 heteroatoms. The zero-order valence-electron chi connectivity index (χ0n) is 17.1. The van der Waals surface area contributed by atoms with Crippen LogP contribution in [-0.2, 0) is 9.84 Å². The molecule has 0 bridgehead atoms. The molecule has 1 aliphatic rings. The van der Waals surface area contributed by atoms with Crippen molar-refractivity contribution in [3.63, 3.8) is 0 Å². The zero-order valence-corrected chi connectivity index (χ0v) is 17.9. The lowest BCUT2D eigenvalue weighted by Crippen LogP contribution is -2.36. The summed E-state index contributed by atoms with van der Waals surface area (Å²) in [5.41, 5.74) is 8.95. The molecule has 1 aromatic carbocycles. The minimum Gasteiger partial charge on any atom is -0.381 e. The lowest BCUT2D eigenvalue weighted by Gasteiger charge is -2.22. The van der Waals surface area contributed by atoms with Crippen LogP contribution in [0.5, 0.6) is 0 Å². The molecular weight excluding hydrogens is 402 g/mol. The van der Waals surface area contributed by atoms with Gasteiger partial charge in [0.15, 0.2) is 21.3 Å². The van der Waals surface area contributed by atoms with Gasteiger partial charge in [-0.3, -0.25) is 9.20 Å². The minimum atomic E-state index is -3.36. The Balaban J connectivity index is 1.77. The van der Waals surface area contributed by atoms with Gasteiger partial charge in [0.05, 0.1) is 16.8 Å². The molecule has 0 atom stereocenters. The first kappa shape index (κ1) is 20.3. The number of imidazole rings is 1. The smallest absolute Gasteiger partial charge is 0.271 e. The number of aromatic nitrogens is 3. The van der Waals surface area contributed by atoms with Crippen molar-refractivity contribution in [2.45, 2.75) is 50.0 Å². The van der Waals surface area contributed by atoms with E-state index in [2.05, 4.69) is 15.3 Å². The number of carbonyl (C=O) groups is 1. The van der Waals surface area contributed by atoms with Crippen molar-refractivity contribution in [3.8, 4) is 11.3 Å². The molecule has 1 amide bonds. The number of nitrogens with one attached hydrogen (secondary N) is 1. The van der Waals surface area contributed by atoms with Gasteiger partial charge in [-0.15, -0.1) is 0 Å². The van der Waals surface area contributed by atoms with Gasteiger partial charge in [0, 0.05) is 24.1 Å². The number of sulfone groups is 1. The number of carbonyl (C=O) groups excluding carboxylic acids is 1. The van der Waals surface area contributed by atoms with Crippen LogP contribution in [0.1, 0.15) is 48.2 Å². The predicted octanol–water partition coefficient (Wildman–Crippen LogP) is 2.75. The van der Waals surface area contributed by atoms with Gasteiger partial charge in [-0.2, -0.15) is 0 Å². The summed E-state index contributed by atoms with van der Waals surface area (Å²) in [5, 5.41) is 3.05. The molecule has 0 unspecified atom stereocenters. The van der Waals surface area contributed by atoms with Crippen molar-refractivity contribution in [3.05, 3.63) is 41.9 Å². The van der Waals surface area contributed by atoms with Crippen molar-refractivity contribution >= 4 is 27.2 Å². The second-order valence-corrected chi connectivity index (χ2v) is 9.92. The number of anilines is 1. The van der Waals surface area contributed by atoms with Gasteiger partial charge in [-0.1, -0.05) is 25.3 Å². The van der Waals surface area contributed by atoms with Crippen molar-refractivity contribution in [1.82, 2.24) is 19.7 Å². The summed E-state index contributed by atoms with van der Waals surface area (Å²) in [5.74, 6) is -0.119. The molecule has 4 rings (SSSR count). The highest BCUT2D eigenvalue weighted by molar-refractivity contribution is 7.90.